The topological polar surface area (TPSA) is 104 Å². The third-order valence-electron chi connectivity index (χ3n) is 7.48. The zero-order valence-electron chi connectivity index (χ0n) is 19.7. The van der Waals surface area contributed by atoms with Crippen LogP contribution in [0.3, 0.4) is 0 Å². The Morgan fingerprint density at radius 1 is 1.21 bits per heavy atom. The molecule has 3 heterocycles. The SMILES string of the molecule is COC(=O)C[C@@](C)(O)C(=O)OC1C(OC)=CC2CCCN3CCc4cc5c(cc4[C@H]1C23)OCO5. The van der Waals surface area contributed by atoms with E-state index in [0.29, 0.717) is 11.5 Å². The van der Waals surface area contributed by atoms with Gasteiger partial charge >= 0.3 is 11.9 Å². The summed E-state index contributed by atoms with van der Waals surface area (Å²) in [6, 6.07) is 4.14. The number of rotatable bonds is 5. The van der Waals surface area contributed by atoms with Crippen LogP contribution in [0, 0.1) is 5.92 Å². The molecule has 1 N–H and O–H groups in total. The molecule has 9 heteroatoms. The maximum atomic E-state index is 13.1. The molecule has 0 saturated carbocycles. The number of benzene rings is 1. The molecule has 0 spiro atoms. The number of carbonyl (C=O) groups excluding carboxylic acids is 2. The zero-order valence-corrected chi connectivity index (χ0v) is 19.7. The van der Waals surface area contributed by atoms with E-state index in [1.165, 1.54) is 14.0 Å². The minimum atomic E-state index is -2.03. The van der Waals surface area contributed by atoms with Crippen molar-refractivity contribution in [3.63, 3.8) is 0 Å². The average Bonchev–Trinajstić information content (AvgIpc) is 3.21. The van der Waals surface area contributed by atoms with Gasteiger partial charge in [-0.05, 0) is 68.0 Å². The summed E-state index contributed by atoms with van der Waals surface area (Å²) in [5.74, 6) is 0.391. The highest BCUT2D eigenvalue weighted by molar-refractivity contribution is 5.85. The molecule has 3 unspecified atom stereocenters. The third kappa shape index (κ3) is 3.90. The highest BCUT2D eigenvalue weighted by atomic mass is 16.7. The fourth-order valence-corrected chi connectivity index (χ4v) is 5.84. The maximum absolute atomic E-state index is 13.1. The maximum Gasteiger partial charge on any atom is 0.339 e. The number of fused-ring (bicyclic) bond motifs is 3. The number of hydrogen-bond donors (Lipinski definition) is 1. The smallest absolute Gasteiger partial charge is 0.339 e. The number of aliphatic hydroxyl groups is 1. The predicted octanol–water partition coefficient (Wildman–Crippen LogP) is 1.91. The van der Waals surface area contributed by atoms with Crippen LogP contribution >= 0.6 is 0 Å². The van der Waals surface area contributed by atoms with E-state index in [1.54, 1.807) is 7.11 Å². The minimum absolute atomic E-state index is 0.109. The third-order valence-corrected chi connectivity index (χ3v) is 7.48. The van der Waals surface area contributed by atoms with E-state index < -0.39 is 30.1 Å². The van der Waals surface area contributed by atoms with Crippen molar-refractivity contribution in [3.8, 4) is 11.5 Å². The molecule has 5 atom stereocenters. The lowest BCUT2D eigenvalue weighted by molar-refractivity contribution is -0.177. The fourth-order valence-electron chi connectivity index (χ4n) is 5.84. The van der Waals surface area contributed by atoms with Crippen molar-refractivity contribution in [2.45, 2.75) is 56.3 Å². The first-order valence-electron chi connectivity index (χ1n) is 11.7. The molecule has 3 aliphatic heterocycles. The lowest BCUT2D eigenvalue weighted by Gasteiger charge is -2.48. The van der Waals surface area contributed by atoms with Crippen molar-refractivity contribution in [1.29, 1.82) is 0 Å². The molecular weight excluding hydrogens is 442 g/mol. The molecule has 4 aliphatic rings. The largest absolute Gasteiger partial charge is 0.497 e. The molecule has 1 saturated heterocycles. The van der Waals surface area contributed by atoms with Crippen molar-refractivity contribution in [3.05, 3.63) is 35.1 Å². The van der Waals surface area contributed by atoms with E-state index in [1.807, 2.05) is 12.1 Å². The number of hydrogen-bond acceptors (Lipinski definition) is 9. The number of piperidine rings is 1. The summed E-state index contributed by atoms with van der Waals surface area (Å²) >= 11 is 0. The average molecular weight is 474 g/mol. The molecule has 0 aromatic heterocycles. The summed E-state index contributed by atoms with van der Waals surface area (Å²) < 4.78 is 27.7. The van der Waals surface area contributed by atoms with Gasteiger partial charge in [-0.3, -0.25) is 9.69 Å². The molecule has 5 rings (SSSR count). The van der Waals surface area contributed by atoms with Crippen molar-refractivity contribution in [1.82, 2.24) is 4.90 Å². The lowest BCUT2D eigenvalue weighted by atomic mass is 9.71. The van der Waals surface area contributed by atoms with Crippen LogP contribution in [0.15, 0.2) is 24.0 Å². The van der Waals surface area contributed by atoms with Gasteiger partial charge in [-0.15, -0.1) is 0 Å². The van der Waals surface area contributed by atoms with Crippen molar-refractivity contribution < 1.29 is 38.4 Å². The standard InChI is InChI=1S/C25H31NO8/c1-25(29,12-20(27)31-3)24(28)34-23-19(30-2)10-15-5-4-7-26-8-6-14-9-17-18(33-13-32-17)11-16(14)21(23)22(15)26/h9-11,15,21-23,29H,4-8,12-13H2,1-3H3/t15?,21-,22?,23?,25+/m0/s1. The molecule has 1 aliphatic carbocycles. The number of ether oxygens (including phenoxy) is 5. The molecule has 0 bridgehead atoms. The first kappa shape index (κ1) is 23.0. The summed E-state index contributed by atoms with van der Waals surface area (Å²) in [7, 11) is 2.78. The van der Waals surface area contributed by atoms with Gasteiger partial charge in [0.05, 0.1) is 20.6 Å². The van der Waals surface area contributed by atoms with Gasteiger partial charge in [0.15, 0.2) is 23.2 Å². The van der Waals surface area contributed by atoms with Crippen molar-refractivity contribution >= 4 is 11.9 Å². The second kappa shape index (κ2) is 8.78. The Morgan fingerprint density at radius 3 is 2.71 bits per heavy atom. The van der Waals surface area contributed by atoms with Crippen LogP contribution in [0.25, 0.3) is 0 Å². The van der Waals surface area contributed by atoms with Gasteiger partial charge < -0.3 is 28.8 Å². The van der Waals surface area contributed by atoms with Gasteiger partial charge in [0.1, 0.15) is 5.76 Å². The first-order chi connectivity index (χ1) is 16.3. The fraction of sp³-hybridized carbons (Fsp3) is 0.600. The van der Waals surface area contributed by atoms with Gasteiger partial charge in [0.2, 0.25) is 6.79 Å². The van der Waals surface area contributed by atoms with Gasteiger partial charge in [0, 0.05) is 18.5 Å². The second-order valence-corrected chi connectivity index (χ2v) is 9.64. The molecule has 9 nitrogen and oxygen atoms in total. The van der Waals surface area contributed by atoms with Crippen LogP contribution in [0.2, 0.25) is 0 Å². The molecule has 34 heavy (non-hydrogen) atoms. The summed E-state index contributed by atoms with van der Waals surface area (Å²) in [5.41, 5.74) is 0.135. The van der Waals surface area contributed by atoms with E-state index in [4.69, 9.17) is 18.9 Å². The van der Waals surface area contributed by atoms with Gasteiger partial charge in [-0.1, -0.05) is 0 Å². The highest BCUT2D eigenvalue weighted by Gasteiger charge is 2.51. The molecule has 1 fully saturated rings. The van der Waals surface area contributed by atoms with Crippen LogP contribution in [0.1, 0.15) is 43.2 Å². The summed E-state index contributed by atoms with van der Waals surface area (Å²) in [6.45, 7) is 3.30. The molecule has 0 radical (unpaired) electrons. The van der Waals surface area contributed by atoms with Gasteiger partial charge in [0.25, 0.3) is 0 Å². The summed E-state index contributed by atoms with van der Waals surface area (Å²) in [6.07, 6.45) is 3.75. The van der Waals surface area contributed by atoms with Crippen LogP contribution in [-0.2, 0) is 30.2 Å². The number of nitrogens with zero attached hydrogens (tertiary/aromatic N) is 1. The van der Waals surface area contributed by atoms with Crippen molar-refractivity contribution in [2.24, 2.45) is 5.92 Å². The van der Waals surface area contributed by atoms with Crippen LogP contribution < -0.4 is 9.47 Å². The Labute approximate surface area is 198 Å². The zero-order chi connectivity index (χ0) is 24.0. The Balaban J connectivity index is 1.57. The van der Waals surface area contributed by atoms with Crippen LogP contribution in [0.5, 0.6) is 11.5 Å². The molecule has 1 aromatic carbocycles. The van der Waals surface area contributed by atoms with E-state index >= 15 is 0 Å². The minimum Gasteiger partial charge on any atom is -0.497 e. The first-order valence-corrected chi connectivity index (χ1v) is 11.7. The quantitative estimate of drug-likeness (QED) is 0.642. The van der Waals surface area contributed by atoms with E-state index in [-0.39, 0.29) is 24.7 Å². The Bertz CT molecular complexity index is 1020. The van der Waals surface area contributed by atoms with E-state index in [2.05, 4.69) is 15.7 Å². The Hall–Kier alpha value is -2.78. The predicted molar refractivity (Wildman–Crippen MR) is 119 cm³/mol. The number of carbonyl (C=O) groups is 2. The van der Waals surface area contributed by atoms with E-state index in [0.717, 1.165) is 49.2 Å². The Kier molecular flexibility index (Phi) is 5.93. The second-order valence-electron chi connectivity index (χ2n) is 9.64. The van der Waals surface area contributed by atoms with Crippen LogP contribution in [0.4, 0.5) is 0 Å². The normalized spacial score (nSPS) is 29.0. The summed E-state index contributed by atoms with van der Waals surface area (Å²) in [5, 5.41) is 10.7. The van der Waals surface area contributed by atoms with Gasteiger partial charge in [-0.25, -0.2) is 4.79 Å². The van der Waals surface area contributed by atoms with Gasteiger partial charge in [-0.2, -0.15) is 0 Å². The molecule has 184 valence electrons. The molecule has 0 amide bonds. The summed E-state index contributed by atoms with van der Waals surface area (Å²) in [4.78, 5) is 27.4. The lowest BCUT2D eigenvalue weighted by Crippen LogP contribution is -2.54. The molecule has 1 aromatic rings. The highest BCUT2D eigenvalue weighted by Crippen LogP contribution is 2.49. The van der Waals surface area contributed by atoms with Crippen LogP contribution in [-0.4, -0.2) is 73.8 Å². The monoisotopic (exact) mass is 473 g/mol. The molecular formula is C25H31NO8. The van der Waals surface area contributed by atoms with E-state index in [9.17, 15) is 14.7 Å². The van der Waals surface area contributed by atoms with Crippen molar-refractivity contribution in [2.75, 3.05) is 34.1 Å². The number of esters is 2. The number of methoxy groups -OCH3 is 2. The Morgan fingerprint density at radius 2 is 1.97 bits per heavy atom.